The van der Waals surface area contributed by atoms with E-state index in [1.807, 2.05) is 12.1 Å². The van der Waals surface area contributed by atoms with Crippen LogP contribution in [-0.4, -0.2) is 72.1 Å². The highest BCUT2D eigenvalue weighted by atomic mass is 35.5. The van der Waals surface area contributed by atoms with Crippen molar-refractivity contribution in [2.24, 2.45) is 5.92 Å². The van der Waals surface area contributed by atoms with E-state index >= 15 is 0 Å². The molecule has 1 amide bonds. The lowest BCUT2D eigenvalue weighted by atomic mass is 9.85. The van der Waals surface area contributed by atoms with Crippen molar-refractivity contribution < 1.29 is 19.4 Å². The Morgan fingerprint density at radius 2 is 1.94 bits per heavy atom. The molecule has 5 rings (SSSR count). The van der Waals surface area contributed by atoms with Crippen LogP contribution in [-0.2, 0) is 14.3 Å². The number of benzene rings is 1. The van der Waals surface area contributed by atoms with E-state index in [4.69, 9.17) is 21.1 Å². The van der Waals surface area contributed by atoms with Gasteiger partial charge in [-0.2, -0.15) is 0 Å². The van der Waals surface area contributed by atoms with Crippen molar-refractivity contribution in [3.05, 3.63) is 35.0 Å². The first kappa shape index (κ1) is 23.9. The second kappa shape index (κ2) is 10.1. The minimum Gasteiger partial charge on any atom is -0.389 e. The predicted octanol–water partition coefficient (Wildman–Crippen LogP) is 3.97. The Balaban J connectivity index is 1.27. The van der Waals surface area contributed by atoms with Crippen molar-refractivity contribution >= 4 is 34.1 Å². The standard InChI is InChI=1S/C26H34ClN3O4/c1-26(16-34-15-23(26)31)30-6-2-18(3-7-30)21-11-19-13-24(28-14-20(19)12-22(21)27)29-25(32)10-17-4-8-33-9-5-17/h11-14,17-18,23,31H,2-10,15-16H2,1H3,(H,28,29,32)/t23-,26+/m1/s1. The largest absolute Gasteiger partial charge is 0.389 e. The lowest BCUT2D eigenvalue weighted by Gasteiger charge is -2.43. The van der Waals surface area contributed by atoms with Gasteiger partial charge in [0.05, 0.1) is 24.9 Å². The summed E-state index contributed by atoms with van der Waals surface area (Å²) >= 11 is 6.70. The molecule has 34 heavy (non-hydrogen) atoms. The highest BCUT2D eigenvalue weighted by Crippen LogP contribution is 2.38. The Morgan fingerprint density at radius 3 is 2.65 bits per heavy atom. The number of aliphatic hydroxyl groups excluding tert-OH is 1. The van der Waals surface area contributed by atoms with Gasteiger partial charge in [-0.3, -0.25) is 9.69 Å². The maximum Gasteiger partial charge on any atom is 0.225 e. The monoisotopic (exact) mass is 487 g/mol. The van der Waals surface area contributed by atoms with Gasteiger partial charge in [-0.15, -0.1) is 0 Å². The molecule has 3 saturated heterocycles. The Kier molecular flexibility index (Phi) is 7.09. The van der Waals surface area contributed by atoms with E-state index in [9.17, 15) is 9.90 Å². The number of carbonyl (C=O) groups excluding carboxylic acids is 1. The summed E-state index contributed by atoms with van der Waals surface area (Å²) in [7, 11) is 0. The third-order valence-corrected chi connectivity index (χ3v) is 8.29. The van der Waals surface area contributed by atoms with E-state index in [2.05, 4.69) is 28.2 Å². The van der Waals surface area contributed by atoms with Crippen LogP contribution in [0.4, 0.5) is 5.82 Å². The molecule has 0 unspecified atom stereocenters. The molecule has 1 aromatic carbocycles. The van der Waals surface area contributed by atoms with Gasteiger partial charge in [0.1, 0.15) is 5.82 Å². The van der Waals surface area contributed by atoms with Gasteiger partial charge in [0, 0.05) is 36.2 Å². The number of hydrogen-bond acceptors (Lipinski definition) is 6. The number of anilines is 1. The molecular weight excluding hydrogens is 454 g/mol. The number of hydrogen-bond donors (Lipinski definition) is 2. The molecule has 2 atom stereocenters. The minimum atomic E-state index is -0.444. The van der Waals surface area contributed by atoms with Gasteiger partial charge >= 0.3 is 0 Å². The fourth-order valence-corrected chi connectivity index (χ4v) is 5.95. The van der Waals surface area contributed by atoms with Crippen molar-refractivity contribution in [1.82, 2.24) is 9.88 Å². The summed E-state index contributed by atoms with van der Waals surface area (Å²) in [6, 6.07) is 6.08. The molecule has 3 fully saturated rings. The van der Waals surface area contributed by atoms with Crippen LogP contribution < -0.4 is 5.32 Å². The van der Waals surface area contributed by atoms with E-state index in [0.717, 1.165) is 73.3 Å². The molecule has 3 aliphatic rings. The smallest absolute Gasteiger partial charge is 0.225 e. The SMILES string of the molecule is C[C@]1(N2CCC(c3cc4cc(NC(=O)CC5CCOCC5)ncc4cc3Cl)CC2)COC[C@H]1O. The molecule has 3 aliphatic heterocycles. The van der Waals surface area contributed by atoms with E-state index in [-0.39, 0.29) is 11.4 Å². The van der Waals surface area contributed by atoms with E-state index in [1.54, 1.807) is 6.20 Å². The first-order valence-electron chi connectivity index (χ1n) is 12.4. The number of fused-ring (bicyclic) bond motifs is 1. The molecule has 184 valence electrons. The van der Waals surface area contributed by atoms with Gasteiger partial charge in [0.2, 0.25) is 5.91 Å². The number of piperidine rings is 1. The van der Waals surface area contributed by atoms with Crippen molar-refractivity contribution in [1.29, 1.82) is 0 Å². The molecule has 8 heteroatoms. The summed E-state index contributed by atoms with van der Waals surface area (Å²) < 4.78 is 10.9. The third-order valence-electron chi connectivity index (χ3n) is 7.96. The highest BCUT2D eigenvalue weighted by Gasteiger charge is 2.45. The second-order valence-electron chi connectivity index (χ2n) is 10.2. The first-order chi connectivity index (χ1) is 16.4. The zero-order chi connectivity index (χ0) is 23.7. The maximum absolute atomic E-state index is 12.5. The predicted molar refractivity (Wildman–Crippen MR) is 132 cm³/mol. The number of halogens is 1. The van der Waals surface area contributed by atoms with Crippen molar-refractivity contribution in [3.63, 3.8) is 0 Å². The zero-order valence-corrected chi connectivity index (χ0v) is 20.5. The number of aliphatic hydroxyl groups is 1. The van der Waals surface area contributed by atoms with E-state index < -0.39 is 6.10 Å². The topological polar surface area (TPSA) is 83.9 Å². The summed E-state index contributed by atoms with van der Waals surface area (Å²) in [4.78, 5) is 19.3. The number of amides is 1. The molecule has 0 saturated carbocycles. The highest BCUT2D eigenvalue weighted by molar-refractivity contribution is 6.32. The average Bonchev–Trinajstić information content (AvgIpc) is 3.18. The average molecular weight is 488 g/mol. The third kappa shape index (κ3) is 4.95. The molecule has 2 aromatic rings. The number of rotatable bonds is 5. The van der Waals surface area contributed by atoms with Gasteiger partial charge in [0.25, 0.3) is 0 Å². The summed E-state index contributed by atoms with van der Waals surface area (Å²) in [5.41, 5.74) is 0.842. The Bertz CT molecular complexity index is 1040. The molecular formula is C26H34ClN3O4. The van der Waals surface area contributed by atoms with Crippen LogP contribution in [0, 0.1) is 5.92 Å². The van der Waals surface area contributed by atoms with Gasteiger partial charge < -0.3 is 19.9 Å². The fourth-order valence-electron chi connectivity index (χ4n) is 5.63. The quantitative estimate of drug-likeness (QED) is 0.663. The number of pyridine rings is 1. The van der Waals surface area contributed by atoms with Crippen molar-refractivity contribution in [2.75, 3.05) is 44.8 Å². The molecule has 0 spiro atoms. The van der Waals surface area contributed by atoms with Crippen molar-refractivity contribution in [3.8, 4) is 0 Å². The maximum atomic E-state index is 12.5. The second-order valence-corrected chi connectivity index (χ2v) is 10.7. The minimum absolute atomic E-state index is 0.00637. The molecule has 0 aliphatic carbocycles. The van der Waals surface area contributed by atoms with E-state index in [0.29, 0.717) is 37.3 Å². The molecule has 2 N–H and O–H groups in total. The number of carbonyl (C=O) groups is 1. The van der Waals surface area contributed by atoms with Crippen molar-refractivity contribution in [2.45, 2.75) is 56.6 Å². The van der Waals surface area contributed by atoms with Gasteiger partial charge in [-0.25, -0.2) is 4.98 Å². The van der Waals surface area contributed by atoms with E-state index in [1.165, 1.54) is 0 Å². The Labute approximate surface area is 205 Å². The summed E-state index contributed by atoms with van der Waals surface area (Å²) in [5, 5.41) is 16.1. The molecule has 0 bridgehead atoms. The fraction of sp³-hybridized carbons (Fsp3) is 0.615. The lowest BCUT2D eigenvalue weighted by Crippen LogP contribution is -2.56. The van der Waals surface area contributed by atoms with Gasteiger partial charge in [-0.05, 0) is 86.7 Å². The van der Waals surface area contributed by atoms with Crippen LogP contribution in [0.5, 0.6) is 0 Å². The van der Waals surface area contributed by atoms with Gasteiger partial charge in [0.15, 0.2) is 0 Å². The number of likely N-dealkylation sites (tertiary alicyclic amines) is 1. The van der Waals surface area contributed by atoms with Crippen LogP contribution >= 0.6 is 11.6 Å². The Morgan fingerprint density at radius 1 is 1.18 bits per heavy atom. The number of nitrogens with one attached hydrogen (secondary N) is 1. The summed E-state index contributed by atoms with van der Waals surface area (Å²) in [6.07, 6.45) is 5.67. The number of ether oxygens (including phenoxy) is 2. The molecule has 0 radical (unpaired) electrons. The zero-order valence-electron chi connectivity index (χ0n) is 19.8. The number of aromatic nitrogens is 1. The van der Waals surface area contributed by atoms with Crippen LogP contribution in [0.15, 0.2) is 24.4 Å². The number of nitrogens with zero attached hydrogens (tertiary/aromatic N) is 2. The van der Waals surface area contributed by atoms with Crippen LogP contribution in [0.1, 0.15) is 50.5 Å². The normalized spacial score (nSPS) is 27.3. The summed E-state index contributed by atoms with van der Waals surface area (Å²) in [6.45, 7) is 6.36. The van der Waals surface area contributed by atoms with Gasteiger partial charge in [-0.1, -0.05) is 11.6 Å². The van der Waals surface area contributed by atoms with Crippen LogP contribution in [0.3, 0.4) is 0 Å². The summed E-state index contributed by atoms with van der Waals surface area (Å²) in [5.74, 6) is 1.32. The molecule has 4 heterocycles. The molecule has 1 aromatic heterocycles. The molecule has 7 nitrogen and oxygen atoms in total. The lowest BCUT2D eigenvalue weighted by molar-refractivity contribution is -0.117. The Hall–Kier alpha value is -1.77. The van der Waals surface area contributed by atoms with Crippen LogP contribution in [0.2, 0.25) is 5.02 Å². The first-order valence-corrected chi connectivity index (χ1v) is 12.8. The van der Waals surface area contributed by atoms with Crippen LogP contribution in [0.25, 0.3) is 10.8 Å².